The van der Waals surface area contributed by atoms with E-state index in [-0.39, 0.29) is 5.56 Å². The Bertz CT molecular complexity index is 1420. The number of esters is 1. The number of carbonyl (C=O) groups excluding carboxylic acids is 1. The highest BCUT2D eigenvalue weighted by atomic mass is 127. The second-order valence-corrected chi connectivity index (χ2v) is 8.54. The molecule has 34 heavy (non-hydrogen) atoms. The number of hydrogen-bond donors (Lipinski definition) is 0. The molecule has 3 aromatic carbocycles. The largest absolute Gasteiger partial charge is 0.478 e. The number of hydrogen-bond acceptors (Lipinski definition) is 6. The highest BCUT2D eigenvalue weighted by molar-refractivity contribution is 14.1. The summed E-state index contributed by atoms with van der Waals surface area (Å²) >= 11 is 2.13. The first kappa shape index (κ1) is 23.6. The van der Waals surface area contributed by atoms with Gasteiger partial charge in [-0.1, -0.05) is 42.5 Å². The minimum Gasteiger partial charge on any atom is -0.478 e. The summed E-state index contributed by atoms with van der Waals surface area (Å²) in [5, 5.41) is 4.98. The molecule has 0 unspecified atom stereocenters. The minimum atomic E-state index is -0.719. The fraction of sp³-hybridized carbons (Fsp3) is 0.154. The number of carbonyl (C=O) groups is 1. The van der Waals surface area contributed by atoms with Crippen LogP contribution in [0, 0.1) is 3.57 Å². The number of para-hydroxylation sites is 1. The molecule has 0 fully saturated rings. The van der Waals surface area contributed by atoms with Gasteiger partial charge in [0.15, 0.2) is 11.9 Å². The second-order valence-electron chi connectivity index (χ2n) is 7.38. The lowest BCUT2D eigenvalue weighted by Gasteiger charge is -2.14. The molecule has 0 aliphatic carbocycles. The third-order valence-electron chi connectivity index (χ3n) is 4.99. The molecule has 0 bridgehead atoms. The van der Waals surface area contributed by atoms with Gasteiger partial charge >= 0.3 is 5.97 Å². The molecule has 4 rings (SSSR count). The quantitative estimate of drug-likeness (QED) is 0.181. The molecule has 0 saturated carbocycles. The van der Waals surface area contributed by atoms with Crippen molar-refractivity contribution in [2.75, 3.05) is 6.61 Å². The molecule has 0 amide bonds. The van der Waals surface area contributed by atoms with E-state index in [1.807, 2.05) is 48.5 Å². The summed E-state index contributed by atoms with van der Waals surface area (Å²) in [5.74, 6) is 0.604. The smallest absolute Gasteiger partial charge is 0.347 e. The lowest BCUT2D eigenvalue weighted by molar-refractivity contribution is -0.150. The van der Waals surface area contributed by atoms with Crippen molar-refractivity contribution in [2.24, 2.45) is 5.10 Å². The standard InChI is InChI=1S/C26H22IN3O4/c1-3-33-26(32)17(2)34-23-14-13-18(15-21(23)27)16-28-30-24(19-9-5-4-6-10-19)29-22-12-8-7-11-20(22)25(30)31/h4-17H,3H2,1-2H3/t17-/m0/s1. The van der Waals surface area contributed by atoms with Gasteiger partial charge in [-0.2, -0.15) is 9.78 Å². The molecule has 8 heteroatoms. The lowest BCUT2D eigenvalue weighted by Crippen LogP contribution is -2.26. The lowest BCUT2D eigenvalue weighted by atomic mass is 10.2. The molecule has 0 saturated heterocycles. The zero-order valence-electron chi connectivity index (χ0n) is 18.6. The van der Waals surface area contributed by atoms with Crippen LogP contribution < -0.4 is 10.3 Å². The van der Waals surface area contributed by atoms with Crippen molar-refractivity contribution in [2.45, 2.75) is 20.0 Å². The number of aromatic nitrogens is 2. The van der Waals surface area contributed by atoms with E-state index in [0.29, 0.717) is 29.1 Å². The minimum absolute atomic E-state index is 0.251. The van der Waals surface area contributed by atoms with Gasteiger partial charge < -0.3 is 9.47 Å². The van der Waals surface area contributed by atoms with E-state index in [1.54, 1.807) is 44.3 Å². The molecular weight excluding hydrogens is 545 g/mol. The maximum absolute atomic E-state index is 13.2. The number of fused-ring (bicyclic) bond motifs is 1. The van der Waals surface area contributed by atoms with Gasteiger partial charge in [0.05, 0.1) is 27.3 Å². The van der Waals surface area contributed by atoms with Gasteiger partial charge in [0.25, 0.3) is 5.56 Å². The number of rotatable bonds is 7. The maximum Gasteiger partial charge on any atom is 0.347 e. The van der Waals surface area contributed by atoms with Crippen LogP contribution >= 0.6 is 22.6 Å². The zero-order chi connectivity index (χ0) is 24.1. The predicted molar refractivity (Wildman–Crippen MR) is 140 cm³/mol. The number of halogens is 1. The van der Waals surface area contributed by atoms with Crippen molar-refractivity contribution >= 4 is 45.7 Å². The Balaban J connectivity index is 1.69. The van der Waals surface area contributed by atoms with Crippen LogP contribution in [0.5, 0.6) is 5.75 Å². The topological polar surface area (TPSA) is 82.8 Å². The molecule has 1 atom stereocenters. The van der Waals surface area contributed by atoms with Crippen LogP contribution in [0.25, 0.3) is 22.3 Å². The molecule has 172 valence electrons. The fourth-order valence-corrected chi connectivity index (χ4v) is 3.99. The van der Waals surface area contributed by atoms with E-state index < -0.39 is 12.1 Å². The SMILES string of the molecule is CCOC(=O)[C@H](C)Oc1ccc(C=Nn2c(-c3ccccc3)nc3ccccc3c2=O)cc1I. The Morgan fingerprint density at radius 1 is 1.12 bits per heavy atom. The fourth-order valence-electron chi connectivity index (χ4n) is 3.32. The molecule has 1 heterocycles. The van der Waals surface area contributed by atoms with E-state index in [0.717, 1.165) is 14.7 Å². The van der Waals surface area contributed by atoms with Crippen LogP contribution in [0.1, 0.15) is 19.4 Å². The van der Waals surface area contributed by atoms with E-state index in [4.69, 9.17) is 14.5 Å². The van der Waals surface area contributed by atoms with Crippen LogP contribution in [-0.4, -0.2) is 34.6 Å². The summed E-state index contributed by atoms with van der Waals surface area (Å²) in [4.78, 5) is 29.8. The average Bonchev–Trinajstić information content (AvgIpc) is 2.85. The van der Waals surface area contributed by atoms with E-state index in [1.165, 1.54) is 4.68 Å². The van der Waals surface area contributed by atoms with Crippen molar-refractivity contribution in [3.8, 4) is 17.1 Å². The van der Waals surface area contributed by atoms with Crippen LogP contribution in [0.15, 0.2) is 82.7 Å². The second kappa shape index (κ2) is 10.6. The first-order valence-corrected chi connectivity index (χ1v) is 11.8. The van der Waals surface area contributed by atoms with Crippen molar-refractivity contribution in [3.63, 3.8) is 0 Å². The van der Waals surface area contributed by atoms with Crippen molar-refractivity contribution in [1.29, 1.82) is 0 Å². The average molecular weight is 567 g/mol. The van der Waals surface area contributed by atoms with Gasteiger partial charge in [-0.15, -0.1) is 0 Å². The van der Waals surface area contributed by atoms with Gasteiger partial charge in [0.2, 0.25) is 0 Å². The van der Waals surface area contributed by atoms with Crippen LogP contribution in [0.3, 0.4) is 0 Å². The highest BCUT2D eigenvalue weighted by Crippen LogP contribution is 2.23. The Hall–Kier alpha value is -3.53. The molecule has 0 aliphatic heterocycles. The van der Waals surface area contributed by atoms with Gasteiger partial charge in [-0.25, -0.2) is 9.78 Å². The molecule has 0 radical (unpaired) electrons. The van der Waals surface area contributed by atoms with E-state index in [9.17, 15) is 9.59 Å². The molecule has 0 aliphatic rings. The van der Waals surface area contributed by atoms with Crippen molar-refractivity contribution in [3.05, 3.63) is 92.3 Å². The summed E-state index contributed by atoms with van der Waals surface area (Å²) < 4.78 is 12.8. The summed E-state index contributed by atoms with van der Waals surface area (Å²) in [5.41, 5.74) is 1.91. The van der Waals surface area contributed by atoms with Gasteiger partial charge in [-0.3, -0.25) is 4.79 Å². The number of ether oxygens (including phenoxy) is 2. The van der Waals surface area contributed by atoms with Crippen LogP contribution in [0.4, 0.5) is 0 Å². The van der Waals surface area contributed by atoms with Gasteiger partial charge in [-0.05, 0) is 72.3 Å². The van der Waals surface area contributed by atoms with Gasteiger partial charge in [0, 0.05) is 5.56 Å². The number of nitrogens with zero attached hydrogens (tertiary/aromatic N) is 3. The third kappa shape index (κ3) is 5.17. The van der Waals surface area contributed by atoms with Gasteiger partial charge in [0.1, 0.15) is 5.75 Å². The first-order chi connectivity index (χ1) is 16.5. The predicted octanol–water partition coefficient (Wildman–Crippen LogP) is 4.88. The van der Waals surface area contributed by atoms with Crippen LogP contribution in [0.2, 0.25) is 0 Å². The zero-order valence-corrected chi connectivity index (χ0v) is 20.8. The monoisotopic (exact) mass is 567 g/mol. The third-order valence-corrected chi connectivity index (χ3v) is 5.83. The summed E-state index contributed by atoms with van der Waals surface area (Å²) in [7, 11) is 0. The Kier molecular flexibility index (Phi) is 7.36. The van der Waals surface area contributed by atoms with E-state index in [2.05, 4.69) is 27.7 Å². The normalized spacial score (nSPS) is 12.1. The number of benzene rings is 3. The Morgan fingerprint density at radius 3 is 2.59 bits per heavy atom. The highest BCUT2D eigenvalue weighted by Gasteiger charge is 2.17. The Labute approximate surface area is 210 Å². The van der Waals surface area contributed by atoms with E-state index >= 15 is 0 Å². The maximum atomic E-state index is 13.2. The summed E-state index contributed by atoms with van der Waals surface area (Å²) in [6.45, 7) is 3.70. The molecular formula is C26H22IN3O4. The summed E-state index contributed by atoms with van der Waals surface area (Å²) in [6.07, 6.45) is 0.883. The van der Waals surface area contributed by atoms with Crippen molar-refractivity contribution < 1.29 is 14.3 Å². The molecule has 1 aromatic heterocycles. The summed E-state index contributed by atoms with van der Waals surface area (Å²) in [6, 6.07) is 22.1. The molecule has 7 nitrogen and oxygen atoms in total. The Morgan fingerprint density at radius 2 is 1.85 bits per heavy atom. The first-order valence-electron chi connectivity index (χ1n) is 10.7. The molecule has 0 spiro atoms. The molecule has 0 N–H and O–H groups in total. The van der Waals surface area contributed by atoms with Crippen LogP contribution in [-0.2, 0) is 9.53 Å². The van der Waals surface area contributed by atoms with Crippen molar-refractivity contribution in [1.82, 2.24) is 9.66 Å². The molecule has 4 aromatic rings.